The first-order chi connectivity index (χ1) is 9.31. The Hall–Kier alpha value is -1.68. The molecule has 0 aliphatic heterocycles. The van der Waals surface area contributed by atoms with Crippen molar-refractivity contribution in [3.63, 3.8) is 0 Å². The molecule has 2 aromatic rings. The van der Waals surface area contributed by atoms with Gasteiger partial charge in [0.05, 0.1) is 17.7 Å². The molecule has 1 aromatic heterocycles. The van der Waals surface area contributed by atoms with Gasteiger partial charge in [0.1, 0.15) is 5.82 Å². The molecular formula is C15H18FN3. The molecule has 19 heavy (non-hydrogen) atoms. The summed E-state index contributed by atoms with van der Waals surface area (Å²) >= 11 is 0. The third kappa shape index (κ3) is 2.16. The zero-order valence-electron chi connectivity index (χ0n) is 10.9. The highest BCUT2D eigenvalue weighted by molar-refractivity contribution is 5.44. The summed E-state index contributed by atoms with van der Waals surface area (Å²) in [4.78, 5) is 4.47. The van der Waals surface area contributed by atoms with E-state index >= 15 is 0 Å². The smallest absolute Gasteiger partial charge is 0.128 e. The van der Waals surface area contributed by atoms with Crippen molar-refractivity contribution in [2.75, 3.05) is 6.54 Å². The summed E-state index contributed by atoms with van der Waals surface area (Å²) in [6.07, 6.45) is 6.81. The Morgan fingerprint density at radius 1 is 1.26 bits per heavy atom. The van der Waals surface area contributed by atoms with Gasteiger partial charge in [-0.05, 0) is 50.8 Å². The number of nitrogens with zero attached hydrogens (tertiary/aromatic N) is 2. The number of fused-ring (bicyclic) bond motifs is 1. The maximum absolute atomic E-state index is 14.0. The molecular weight excluding hydrogens is 241 g/mol. The van der Waals surface area contributed by atoms with Crippen LogP contribution < -0.4 is 5.73 Å². The summed E-state index contributed by atoms with van der Waals surface area (Å²) in [5.41, 5.74) is 9.57. The molecule has 0 fully saturated rings. The minimum Gasteiger partial charge on any atom is -0.330 e. The average molecular weight is 259 g/mol. The lowest BCUT2D eigenvalue weighted by atomic mass is 10.0. The minimum atomic E-state index is -0.179. The van der Waals surface area contributed by atoms with Gasteiger partial charge in [-0.25, -0.2) is 9.37 Å². The summed E-state index contributed by atoms with van der Waals surface area (Å²) in [5, 5.41) is 0. The molecule has 1 aliphatic carbocycles. The first-order valence-electron chi connectivity index (χ1n) is 6.84. The van der Waals surface area contributed by atoms with Crippen molar-refractivity contribution in [3.8, 4) is 5.69 Å². The third-order valence-electron chi connectivity index (χ3n) is 3.78. The molecule has 0 unspecified atom stereocenters. The Labute approximate surface area is 112 Å². The lowest BCUT2D eigenvalue weighted by molar-refractivity contribution is 0.605. The van der Waals surface area contributed by atoms with Gasteiger partial charge in [-0.15, -0.1) is 0 Å². The van der Waals surface area contributed by atoms with Crippen LogP contribution in [0.1, 0.15) is 29.8 Å². The van der Waals surface area contributed by atoms with E-state index in [1.165, 1.54) is 24.6 Å². The lowest BCUT2D eigenvalue weighted by Gasteiger charge is -2.17. The Kier molecular flexibility index (Phi) is 3.34. The summed E-state index contributed by atoms with van der Waals surface area (Å²) < 4.78 is 16.0. The van der Waals surface area contributed by atoms with Gasteiger partial charge in [0, 0.05) is 11.3 Å². The normalized spacial score (nSPS) is 14.4. The molecule has 3 nitrogen and oxygen atoms in total. The van der Waals surface area contributed by atoms with Crippen molar-refractivity contribution in [2.24, 2.45) is 5.73 Å². The maximum atomic E-state index is 14.0. The quantitative estimate of drug-likeness (QED) is 0.919. The average Bonchev–Trinajstić information content (AvgIpc) is 2.85. The van der Waals surface area contributed by atoms with Crippen molar-refractivity contribution in [3.05, 3.63) is 47.3 Å². The first-order valence-corrected chi connectivity index (χ1v) is 6.84. The topological polar surface area (TPSA) is 43.8 Å². The number of hydrogen-bond acceptors (Lipinski definition) is 2. The molecule has 2 N–H and O–H groups in total. The number of nitrogens with two attached hydrogens (primary N) is 1. The van der Waals surface area contributed by atoms with Crippen molar-refractivity contribution in [1.82, 2.24) is 9.55 Å². The van der Waals surface area contributed by atoms with Crippen LogP contribution in [0.2, 0.25) is 0 Å². The second kappa shape index (κ2) is 5.13. The number of rotatable bonds is 3. The fourth-order valence-electron chi connectivity index (χ4n) is 2.84. The van der Waals surface area contributed by atoms with Gasteiger partial charge in [0.25, 0.3) is 0 Å². The lowest BCUT2D eigenvalue weighted by Crippen LogP contribution is -2.12. The molecule has 0 spiro atoms. The van der Waals surface area contributed by atoms with E-state index in [4.69, 9.17) is 5.73 Å². The number of aromatic nitrogens is 2. The maximum Gasteiger partial charge on any atom is 0.128 e. The number of benzene rings is 1. The molecule has 4 heteroatoms. The van der Waals surface area contributed by atoms with Crippen LogP contribution in [0.5, 0.6) is 0 Å². The second-order valence-corrected chi connectivity index (χ2v) is 4.99. The van der Waals surface area contributed by atoms with Crippen molar-refractivity contribution < 1.29 is 4.39 Å². The fraction of sp³-hybridized carbons (Fsp3) is 0.400. The van der Waals surface area contributed by atoms with Gasteiger partial charge >= 0.3 is 0 Å². The van der Waals surface area contributed by atoms with Crippen LogP contribution in [-0.4, -0.2) is 16.1 Å². The van der Waals surface area contributed by atoms with Gasteiger partial charge in [0.15, 0.2) is 0 Å². The SMILES string of the molecule is NCCc1c(F)cccc1-n1cnc2c1CCCC2. The highest BCUT2D eigenvalue weighted by atomic mass is 19.1. The zero-order chi connectivity index (χ0) is 13.2. The van der Waals surface area contributed by atoms with Gasteiger partial charge in [0.2, 0.25) is 0 Å². The van der Waals surface area contributed by atoms with E-state index in [0.29, 0.717) is 18.5 Å². The summed E-state index contributed by atoms with van der Waals surface area (Å²) in [5.74, 6) is -0.179. The van der Waals surface area contributed by atoms with Crippen LogP contribution >= 0.6 is 0 Å². The van der Waals surface area contributed by atoms with E-state index in [-0.39, 0.29) is 5.82 Å². The molecule has 1 heterocycles. The van der Waals surface area contributed by atoms with Gasteiger partial charge in [-0.2, -0.15) is 0 Å². The number of hydrogen-bond donors (Lipinski definition) is 1. The van der Waals surface area contributed by atoms with Crippen LogP contribution in [-0.2, 0) is 19.3 Å². The Morgan fingerprint density at radius 2 is 2.11 bits per heavy atom. The molecule has 0 bridgehead atoms. The Morgan fingerprint density at radius 3 is 2.95 bits per heavy atom. The summed E-state index contributed by atoms with van der Waals surface area (Å²) in [6.45, 7) is 0.449. The van der Waals surface area contributed by atoms with E-state index < -0.39 is 0 Å². The predicted molar refractivity (Wildman–Crippen MR) is 72.9 cm³/mol. The van der Waals surface area contributed by atoms with Crippen LogP contribution in [0.25, 0.3) is 5.69 Å². The molecule has 0 amide bonds. The van der Waals surface area contributed by atoms with E-state index in [0.717, 1.165) is 24.2 Å². The standard InChI is InChI=1S/C15H18FN3/c16-12-4-3-7-14(11(12)8-9-17)19-10-18-13-5-1-2-6-15(13)19/h3-4,7,10H,1-2,5-6,8-9,17H2. The number of imidazole rings is 1. The van der Waals surface area contributed by atoms with Crippen LogP contribution in [0, 0.1) is 5.82 Å². The van der Waals surface area contributed by atoms with Crippen LogP contribution in [0.3, 0.4) is 0 Å². The third-order valence-corrected chi connectivity index (χ3v) is 3.78. The predicted octanol–water partition coefficient (Wildman–Crippen LogP) is 2.39. The highest BCUT2D eigenvalue weighted by Gasteiger charge is 2.18. The van der Waals surface area contributed by atoms with E-state index in [9.17, 15) is 4.39 Å². The molecule has 0 saturated carbocycles. The summed E-state index contributed by atoms with van der Waals surface area (Å²) in [7, 11) is 0. The first kappa shape index (κ1) is 12.4. The van der Waals surface area contributed by atoms with E-state index in [1.54, 1.807) is 6.07 Å². The largest absolute Gasteiger partial charge is 0.330 e. The second-order valence-electron chi connectivity index (χ2n) is 4.99. The van der Waals surface area contributed by atoms with Crippen LogP contribution in [0.15, 0.2) is 24.5 Å². The molecule has 0 radical (unpaired) electrons. The van der Waals surface area contributed by atoms with Crippen LogP contribution in [0.4, 0.5) is 4.39 Å². The van der Waals surface area contributed by atoms with Crippen molar-refractivity contribution in [1.29, 1.82) is 0 Å². The number of aryl methyl sites for hydroxylation is 1. The summed E-state index contributed by atoms with van der Waals surface area (Å²) in [6, 6.07) is 5.20. The number of halogens is 1. The fourth-order valence-corrected chi connectivity index (χ4v) is 2.84. The minimum absolute atomic E-state index is 0.179. The monoisotopic (exact) mass is 259 g/mol. The van der Waals surface area contributed by atoms with Crippen molar-refractivity contribution in [2.45, 2.75) is 32.1 Å². The molecule has 1 aliphatic rings. The Balaban J connectivity index is 2.11. The molecule has 3 rings (SSSR count). The van der Waals surface area contributed by atoms with Gasteiger partial charge in [-0.1, -0.05) is 6.07 Å². The molecule has 1 aromatic carbocycles. The molecule has 0 atom stereocenters. The molecule has 100 valence electrons. The highest BCUT2D eigenvalue weighted by Crippen LogP contribution is 2.26. The molecule has 0 saturated heterocycles. The van der Waals surface area contributed by atoms with Crippen molar-refractivity contribution >= 4 is 0 Å². The van der Waals surface area contributed by atoms with E-state index in [2.05, 4.69) is 4.98 Å². The van der Waals surface area contributed by atoms with Gasteiger partial charge in [-0.3, -0.25) is 0 Å². The van der Waals surface area contributed by atoms with Gasteiger partial charge < -0.3 is 10.3 Å². The zero-order valence-corrected chi connectivity index (χ0v) is 10.9. The van der Waals surface area contributed by atoms with E-state index in [1.807, 2.05) is 17.0 Å². The Bertz CT molecular complexity index is 589.